The second-order valence-electron chi connectivity index (χ2n) is 6.28. The van der Waals surface area contributed by atoms with Gasteiger partial charge in [-0.3, -0.25) is 4.79 Å². The van der Waals surface area contributed by atoms with Crippen LogP contribution >= 0.6 is 0 Å². The van der Waals surface area contributed by atoms with Crippen LogP contribution in [0.1, 0.15) is 46.5 Å². The fourth-order valence-electron chi connectivity index (χ4n) is 2.81. The van der Waals surface area contributed by atoms with Crippen molar-refractivity contribution in [2.45, 2.75) is 26.7 Å². The Kier molecular flexibility index (Phi) is 5.89. The molecule has 1 heterocycles. The summed E-state index contributed by atoms with van der Waals surface area (Å²) in [6.07, 6.45) is 2.75. The molecule has 28 heavy (non-hydrogen) atoms. The smallest absolute Gasteiger partial charge is 0.349 e. The summed E-state index contributed by atoms with van der Waals surface area (Å²) in [6.45, 7) is 4.23. The number of hydrogen-bond acceptors (Lipinski definition) is 6. The number of hydrogen-bond donors (Lipinski definition) is 1. The maximum Gasteiger partial charge on any atom is 0.349 e. The minimum atomic E-state index is -0.689. The molecule has 0 atom stereocenters. The summed E-state index contributed by atoms with van der Waals surface area (Å²) in [5.74, 6) is -1.12. The van der Waals surface area contributed by atoms with Crippen LogP contribution in [0.2, 0.25) is 0 Å². The maximum absolute atomic E-state index is 12.7. The van der Waals surface area contributed by atoms with Gasteiger partial charge in [0, 0.05) is 11.9 Å². The molecule has 3 rings (SSSR count). The first-order valence-corrected chi connectivity index (χ1v) is 9.17. The first kappa shape index (κ1) is 19.4. The van der Waals surface area contributed by atoms with Gasteiger partial charge < -0.3 is 14.8 Å². The van der Waals surface area contributed by atoms with Gasteiger partial charge in [0.1, 0.15) is 11.3 Å². The number of fused-ring (bicyclic) bond motifs is 1. The minimum absolute atomic E-state index is 0.0767. The molecule has 0 amide bonds. The molecule has 6 heteroatoms. The first-order chi connectivity index (χ1) is 13.5. The average molecular weight is 379 g/mol. The quantitative estimate of drug-likeness (QED) is 0.355. The second kappa shape index (κ2) is 8.52. The van der Waals surface area contributed by atoms with Crippen LogP contribution in [0.25, 0.3) is 0 Å². The van der Waals surface area contributed by atoms with Crippen molar-refractivity contribution in [3.63, 3.8) is 0 Å². The van der Waals surface area contributed by atoms with E-state index in [2.05, 4.69) is 5.32 Å². The lowest BCUT2D eigenvalue weighted by molar-refractivity contribution is -0.130. The van der Waals surface area contributed by atoms with Crippen LogP contribution in [0.3, 0.4) is 0 Å². The Morgan fingerprint density at radius 3 is 2.54 bits per heavy atom. The van der Waals surface area contributed by atoms with Gasteiger partial charge in [-0.25, -0.2) is 9.59 Å². The van der Waals surface area contributed by atoms with Gasteiger partial charge in [0.25, 0.3) is 0 Å². The van der Waals surface area contributed by atoms with Gasteiger partial charge >= 0.3 is 11.9 Å². The topological polar surface area (TPSA) is 81.7 Å². The Bertz CT molecular complexity index is 944. The molecule has 1 N–H and O–H groups in total. The highest BCUT2D eigenvalue weighted by atomic mass is 16.5. The third kappa shape index (κ3) is 3.96. The number of esters is 2. The Balaban J connectivity index is 1.76. The molecular formula is C22H21NO5. The molecule has 1 aliphatic rings. The molecule has 2 aromatic carbocycles. The third-order valence-corrected chi connectivity index (χ3v) is 4.32. The van der Waals surface area contributed by atoms with E-state index in [1.807, 2.05) is 19.9 Å². The summed E-state index contributed by atoms with van der Waals surface area (Å²) < 4.78 is 10.5. The summed E-state index contributed by atoms with van der Waals surface area (Å²) in [7, 11) is 0. The van der Waals surface area contributed by atoms with Gasteiger partial charge in [-0.1, -0.05) is 26.0 Å². The number of ether oxygens (including phenoxy) is 2. The van der Waals surface area contributed by atoms with E-state index in [4.69, 9.17) is 9.47 Å². The first-order valence-electron chi connectivity index (χ1n) is 9.17. The van der Waals surface area contributed by atoms with Crippen molar-refractivity contribution in [1.29, 1.82) is 0 Å². The summed E-state index contributed by atoms with van der Waals surface area (Å²) in [5.41, 5.74) is 2.17. The van der Waals surface area contributed by atoms with Gasteiger partial charge in [-0.2, -0.15) is 0 Å². The SMILES string of the molecule is CCCOC(=O)c1ccc(NC=C2C(=O)Oc3c(CC)cccc3C2=O)cc1. The van der Waals surface area contributed by atoms with Gasteiger partial charge in [0.05, 0.1) is 17.7 Å². The molecule has 0 aromatic heterocycles. The van der Waals surface area contributed by atoms with Crippen LogP contribution in [0.4, 0.5) is 5.69 Å². The van der Waals surface area contributed by atoms with Crippen LogP contribution < -0.4 is 10.1 Å². The Morgan fingerprint density at radius 2 is 1.86 bits per heavy atom. The number of anilines is 1. The molecule has 0 unspecified atom stereocenters. The molecule has 6 nitrogen and oxygen atoms in total. The number of aryl methyl sites for hydroxylation is 1. The largest absolute Gasteiger partial charge is 0.462 e. The van der Waals surface area contributed by atoms with E-state index < -0.39 is 5.97 Å². The average Bonchev–Trinajstić information content (AvgIpc) is 2.72. The van der Waals surface area contributed by atoms with E-state index >= 15 is 0 Å². The van der Waals surface area contributed by atoms with Crippen molar-refractivity contribution in [2.75, 3.05) is 11.9 Å². The highest BCUT2D eigenvalue weighted by Gasteiger charge is 2.32. The zero-order chi connectivity index (χ0) is 20.1. The normalized spacial score (nSPS) is 14.4. The Hall–Kier alpha value is -3.41. The number of carbonyl (C=O) groups is 3. The fourth-order valence-corrected chi connectivity index (χ4v) is 2.81. The van der Waals surface area contributed by atoms with Crippen molar-refractivity contribution in [1.82, 2.24) is 0 Å². The maximum atomic E-state index is 12.7. The fraction of sp³-hybridized carbons (Fsp3) is 0.227. The molecule has 0 bridgehead atoms. The molecule has 0 spiro atoms. The summed E-state index contributed by atoms with van der Waals surface area (Å²) in [4.78, 5) is 36.8. The molecule has 0 saturated heterocycles. The predicted molar refractivity (Wildman–Crippen MR) is 105 cm³/mol. The van der Waals surface area contributed by atoms with E-state index in [9.17, 15) is 14.4 Å². The van der Waals surface area contributed by atoms with E-state index in [0.29, 0.717) is 35.6 Å². The second-order valence-corrected chi connectivity index (χ2v) is 6.28. The lowest BCUT2D eigenvalue weighted by Crippen LogP contribution is -2.26. The highest BCUT2D eigenvalue weighted by molar-refractivity contribution is 6.28. The number of Topliss-reactive ketones (excluding diaryl/α,β-unsaturated/α-hetero) is 1. The standard InChI is InChI=1S/C22H21NO5/c1-3-12-27-21(25)15-8-10-16(11-9-15)23-13-18-19(24)17-7-5-6-14(4-2)20(17)28-22(18)26/h5-11,13,23H,3-4,12H2,1-2H3. The monoisotopic (exact) mass is 379 g/mol. The molecule has 2 aromatic rings. The summed E-state index contributed by atoms with van der Waals surface area (Å²) in [6, 6.07) is 11.8. The van der Waals surface area contributed by atoms with E-state index in [1.165, 1.54) is 6.20 Å². The van der Waals surface area contributed by atoms with Gasteiger partial charge in [0.2, 0.25) is 5.78 Å². The number of carbonyl (C=O) groups excluding carboxylic acids is 3. The third-order valence-electron chi connectivity index (χ3n) is 4.32. The zero-order valence-electron chi connectivity index (χ0n) is 15.8. The van der Waals surface area contributed by atoms with Crippen LogP contribution in [0.15, 0.2) is 54.2 Å². The van der Waals surface area contributed by atoms with E-state index in [1.54, 1.807) is 36.4 Å². The lowest BCUT2D eigenvalue weighted by Gasteiger charge is -2.19. The molecule has 144 valence electrons. The number of nitrogens with one attached hydrogen (secondary N) is 1. The molecule has 0 saturated carbocycles. The van der Waals surface area contributed by atoms with Crippen LogP contribution in [-0.4, -0.2) is 24.3 Å². The summed E-state index contributed by atoms with van der Waals surface area (Å²) in [5, 5.41) is 2.91. The Morgan fingerprint density at radius 1 is 1.11 bits per heavy atom. The van der Waals surface area contributed by atoms with Crippen molar-refractivity contribution in [3.8, 4) is 5.75 Å². The lowest BCUT2D eigenvalue weighted by atomic mass is 9.97. The number of rotatable bonds is 6. The van der Waals surface area contributed by atoms with Crippen LogP contribution in [-0.2, 0) is 16.0 Å². The van der Waals surface area contributed by atoms with Crippen LogP contribution in [0.5, 0.6) is 5.75 Å². The van der Waals surface area contributed by atoms with Crippen molar-refractivity contribution in [3.05, 3.63) is 70.9 Å². The van der Waals surface area contributed by atoms with Crippen molar-refractivity contribution >= 4 is 23.4 Å². The van der Waals surface area contributed by atoms with Crippen LogP contribution in [0, 0.1) is 0 Å². The molecule has 1 aliphatic heterocycles. The summed E-state index contributed by atoms with van der Waals surface area (Å²) >= 11 is 0. The Labute approximate surface area is 163 Å². The highest BCUT2D eigenvalue weighted by Crippen LogP contribution is 2.31. The van der Waals surface area contributed by atoms with Crippen molar-refractivity contribution in [2.24, 2.45) is 0 Å². The van der Waals surface area contributed by atoms with E-state index in [0.717, 1.165) is 12.0 Å². The number of benzene rings is 2. The minimum Gasteiger partial charge on any atom is -0.462 e. The molecule has 0 fully saturated rings. The molecule has 0 radical (unpaired) electrons. The van der Waals surface area contributed by atoms with Gasteiger partial charge in [-0.15, -0.1) is 0 Å². The zero-order valence-corrected chi connectivity index (χ0v) is 15.8. The molecule has 0 aliphatic carbocycles. The van der Waals surface area contributed by atoms with Crippen molar-refractivity contribution < 1.29 is 23.9 Å². The van der Waals surface area contributed by atoms with Gasteiger partial charge in [-0.05, 0) is 48.7 Å². The molecular weight excluding hydrogens is 358 g/mol. The van der Waals surface area contributed by atoms with E-state index in [-0.39, 0.29) is 17.3 Å². The predicted octanol–water partition coefficient (Wildman–Crippen LogP) is 3.91. The van der Waals surface area contributed by atoms with Gasteiger partial charge in [0.15, 0.2) is 0 Å². The number of ketones is 1. The number of para-hydroxylation sites is 1.